The molecule has 3 rings (SSSR count). The van der Waals surface area contributed by atoms with E-state index in [0.29, 0.717) is 24.4 Å². The lowest BCUT2D eigenvalue weighted by Crippen LogP contribution is -2.49. The summed E-state index contributed by atoms with van der Waals surface area (Å²) in [5.41, 5.74) is 1.02. The number of halogens is 1. The normalized spacial score (nSPS) is 18.7. The van der Waals surface area contributed by atoms with Gasteiger partial charge in [0, 0.05) is 30.4 Å². The van der Waals surface area contributed by atoms with Crippen molar-refractivity contribution < 1.29 is 9.59 Å². The van der Waals surface area contributed by atoms with Gasteiger partial charge in [0.2, 0.25) is 11.8 Å². The highest BCUT2D eigenvalue weighted by Crippen LogP contribution is 2.20. The lowest BCUT2D eigenvalue weighted by molar-refractivity contribution is -0.131. The van der Waals surface area contributed by atoms with Gasteiger partial charge in [-0.1, -0.05) is 23.7 Å². The van der Waals surface area contributed by atoms with Crippen LogP contribution < -0.4 is 10.6 Å². The Kier molecular flexibility index (Phi) is 5.15. The average Bonchev–Trinajstić information content (AvgIpc) is 3.11. The first-order chi connectivity index (χ1) is 11.6. The SMILES string of the molecule is O=C1CCC[C@H](C(=O)NC[C@@H](c2ccc(Cl)cc2)n2ccnc2)N1. The Balaban J connectivity index is 1.69. The smallest absolute Gasteiger partial charge is 0.242 e. The third-order valence-corrected chi connectivity index (χ3v) is 4.41. The van der Waals surface area contributed by atoms with Crippen LogP contribution in [0.2, 0.25) is 5.02 Å². The Morgan fingerprint density at radius 1 is 1.42 bits per heavy atom. The number of carbonyl (C=O) groups excluding carboxylic acids is 2. The summed E-state index contributed by atoms with van der Waals surface area (Å²) in [7, 11) is 0. The van der Waals surface area contributed by atoms with Crippen LogP contribution in [0.5, 0.6) is 0 Å². The number of piperidine rings is 1. The predicted molar refractivity (Wildman–Crippen MR) is 90.6 cm³/mol. The number of nitrogens with zero attached hydrogens (tertiary/aromatic N) is 2. The van der Waals surface area contributed by atoms with Gasteiger partial charge in [-0.3, -0.25) is 9.59 Å². The van der Waals surface area contributed by atoms with Crippen LogP contribution >= 0.6 is 11.6 Å². The lowest BCUT2D eigenvalue weighted by Gasteiger charge is -2.25. The largest absolute Gasteiger partial charge is 0.352 e. The van der Waals surface area contributed by atoms with Crippen molar-refractivity contribution >= 4 is 23.4 Å². The second-order valence-corrected chi connectivity index (χ2v) is 6.27. The van der Waals surface area contributed by atoms with Crippen LogP contribution in [-0.2, 0) is 9.59 Å². The standard InChI is InChI=1S/C17H19ClN4O2/c18-13-6-4-12(5-7-13)15(22-9-8-19-11-22)10-20-17(24)14-2-1-3-16(23)21-14/h4-9,11,14-15H,1-3,10H2,(H,20,24)(H,21,23)/t14-,15+/m1/s1. The van der Waals surface area contributed by atoms with Crippen LogP contribution in [0.15, 0.2) is 43.0 Å². The molecule has 2 heterocycles. The second kappa shape index (κ2) is 7.49. The summed E-state index contributed by atoms with van der Waals surface area (Å²) >= 11 is 5.95. The average molecular weight is 347 g/mol. The number of carbonyl (C=O) groups is 2. The molecule has 2 aromatic rings. The van der Waals surface area contributed by atoms with Crippen LogP contribution in [-0.4, -0.2) is 34.0 Å². The molecule has 0 unspecified atom stereocenters. The van der Waals surface area contributed by atoms with Gasteiger partial charge in [-0.15, -0.1) is 0 Å². The van der Waals surface area contributed by atoms with Crippen molar-refractivity contribution in [2.24, 2.45) is 0 Å². The van der Waals surface area contributed by atoms with Crippen molar-refractivity contribution in [3.05, 3.63) is 53.6 Å². The van der Waals surface area contributed by atoms with Gasteiger partial charge in [0.1, 0.15) is 6.04 Å². The zero-order valence-corrected chi connectivity index (χ0v) is 13.9. The van der Waals surface area contributed by atoms with Crippen LogP contribution in [0, 0.1) is 0 Å². The summed E-state index contributed by atoms with van der Waals surface area (Å²) in [6.45, 7) is 0.406. The van der Waals surface area contributed by atoms with Crippen LogP contribution in [0.1, 0.15) is 30.9 Å². The molecule has 1 aromatic carbocycles. The maximum Gasteiger partial charge on any atom is 0.242 e. The Bertz CT molecular complexity index is 700. The molecule has 2 amide bonds. The molecule has 6 nitrogen and oxygen atoms in total. The van der Waals surface area contributed by atoms with E-state index in [0.717, 1.165) is 12.0 Å². The van der Waals surface area contributed by atoms with Crippen molar-refractivity contribution in [3.63, 3.8) is 0 Å². The van der Waals surface area contributed by atoms with E-state index in [1.54, 1.807) is 12.5 Å². The van der Waals surface area contributed by atoms with E-state index < -0.39 is 6.04 Å². The summed E-state index contributed by atoms with van der Waals surface area (Å²) in [4.78, 5) is 27.9. The Labute approximate surface area is 145 Å². The molecule has 24 heavy (non-hydrogen) atoms. The van der Waals surface area contributed by atoms with Crippen molar-refractivity contribution in [2.45, 2.75) is 31.3 Å². The number of benzene rings is 1. The first-order valence-electron chi connectivity index (χ1n) is 7.93. The molecular weight excluding hydrogens is 328 g/mol. The summed E-state index contributed by atoms with van der Waals surface area (Å²) in [6.07, 6.45) is 7.18. The maximum atomic E-state index is 12.3. The van der Waals surface area contributed by atoms with Gasteiger partial charge in [-0.2, -0.15) is 0 Å². The van der Waals surface area contributed by atoms with Gasteiger partial charge in [-0.25, -0.2) is 4.98 Å². The van der Waals surface area contributed by atoms with E-state index in [2.05, 4.69) is 15.6 Å². The van der Waals surface area contributed by atoms with Crippen molar-refractivity contribution in [1.82, 2.24) is 20.2 Å². The lowest BCUT2D eigenvalue weighted by atomic mass is 10.0. The predicted octanol–water partition coefficient (Wildman–Crippen LogP) is 1.91. The Morgan fingerprint density at radius 3 is 2.88 bits per heavy atom. The zero-order valence-electron chi connectivity index (χ0n) is 13.1. The minimum atomic E-state index is -0.445. The number of aromatic nitrogens is 2. The highest BCUT2D eigenvalue weighted by atomic mass is 35.5. The number of amides is 2. The van der Waals surface area contributed by atoms with Crippen LogP contribution in [0.3, 0.4) is 0 Å². The molecular formula is C17H19ClN4O2. The summed E-state index contributed by atoms with van der Waals surface area (Å²) in [6, 6.07) is 6.98. The topological polar surface area (TPSA) is 76.0 Å². The third kappa shape index (κ3) is 3.94. The molecule has 1 aliphatic rings. The van der Waals surface area contributed by atoms with Crippen molar-refractivity contribution in [2.75, 3.05) is 6.54 Å². The quantitative estimate of drug-likeness (QED) is 0.868. The van der Waals surface area contributed by atoms with Crippen molar-refractivity contribution in [1.29, 1.82) is 0 Å². The van der Waals surface area contributed by atoms with Gasteiger partial charge in [0.05, 0.1) is 12.4 Å². The van der Waals surface area contributed by atoms with Crippen LogP contribution in [0.25, 0.3) is 0 Å². The minimum Gasteiger partial charge on any atom is -0.352 e. The number of hydrogen-bond donors (Lipinski definition) is 2. The van der Waals surface area contributed by atoms with E-state index in [1.807, 2.05) is 35.0 Å². The fraction of sp³-hybridized carbons (Fsp3) is 0.353. The van der Waals surface area contributed by atoms with E-state index in [4.69, 9.17) is 11.6 Å². The van der Waals surface area contributed by atoms with Gasteiger partial charge < -0.3 is 15.2 Å². The number of nitrogens with one attached hydrogen (secondary N) is 2. The van der Waals surface area contributed by atoms with E-state index in [9.17, 15) is 9.59 Å². The molecule has 0 saturated carbocycles. The van der Waals surface area contributed by atoms with Gasteiger partial charge in [0.25, 0.3) is 0 Å². The number of rotatable bonds is 5. The van der Waals surface area contributed by atoms with E-state index in [1.165, 1.54) is 0 Å². The molecule has 0 radical (unpaired) electrons. The molecule has 126 valence electrons. The van der Waals surface area contributed by atoms with Gasteiger partial charge in [0.15, 0.2) is 0 Å². The molecule has 1 aliphatic heterocycles. The summed E-state index contributed by atoms with van der Waals surface area (Å²) in [5.74, 6) is -0.215. The summed E-state index contributed by atoms with van der Waals surface area (Å²) < 4.78 is 1.93. The fourth-order valence-corrected chi connectivity index (χ4v) is 2.98. The highest BCUT2D eigenvalue weighted by molar-refractivity contribution is 6.30. The molecule has 0 spiro atoms. The van der Waals surface area contributed by atoms with Gasteiger partial charge >= 0.3 is 0 Å². The second-order valence-electron chi connectivity index (χ2n) is 5.83. The Hall–Kier alpha value is -2.34. The molecule has 0 aliphatic carbocycles. The van der Waals surface area contributed by atoms with E-state index >= 15 is 0 Å². The molecule has 2 atom stereocenters. The molecule has 1 fully saturated rings. The first-order valence-corrected chi connectivity index (χ1v) is 8.31. The third-order valence-electron chi connectivity index (χ3n) is 4.16. The van der Waals surface area contributed by atoms with Gasteiger partial charge in [-0.05, 0) is 30.5 Å². The molecule has 1 saturated heterocycles. The Morgan fingerprint density at radius 2 is 2.21 bits per heavy atom. The molecule has 2 N–H and O–H groups in total. The molecule has 7 heteroatoms. The maximum absolute atomic E-state index is 12.3. The molecule has 1 aromatic heterocycles. The number of imidazole rings is 1. The van der Waals surface area contributed by atoms with E-state index in [-0.39, 0.29) is 17.9 Å². The zero-order chi connectivity index (χ0) is 16.9. The van der Waals surface area contributed by atoms with Crippen molar-refractivity contribution in [3.8, 4) is 0 Å². The number of hydrogen-bond acceptors (Lipinski definition) is 3. The monoisotopic (exact) mass is 346 g/mol. The first kappa shape index (κ1) is 16.5. The molecule has 0 bridgehead atoms. The fourth-order valence-electron chi connectivity index (χ4n) is 2.86. The van der Waals surface area contributed by atoms with Crippen LogP contribution in [0.4, 0.5) is 0 Å². The summed E-state index contributed by atoms with van der Waals surface area (Å²) in [5, 5.41) is 6.34. The minimum absolute atomic E-state index is 0.0646. The highest BCUT2D eigenvalue weighted by Gasteiger charge is 2.25.